The van der Waals surface area contributed by atoms with Gasteiger partial charge in [0, 0.05) is 18.5 Å². The number of benzene rings is 1. The minimum atomic E-state index is -1.20. The molecule has 4 N–H and O–H groups in total. The molecule has 180 valence electrons. The third-order valence-electron chi connectivity index (χ3n) is 4.89. The number of aliphatic hydroxyl groups excluding tert-OH is 2. The third-order valence-corrected chi connectivity index (χ3v) is 4.89. The molecule has 0 aliphatic rings. The van der Waals surface area contributed by atoms with Gasteiger partial charge in [-0.05, 0) is 42.2 Å². The largest absolute Gasteiger partial charge is 0.481 e. The summed E-state index contributed by atoms with van der Waals surface area (Å²) in [6.45, 7) is 8.26. The first-order chi connectivity index (χ1) is 15.5. The Morgan fingerprint density at radius 1 is 1.15 bits per heavy atom. The highest BCUT2D eigenvalue weighted by molar-refractivity contribution is 5.95. The normalized spacial score (nSPS) is 13.6. The highest BCUT2D eigenvalue weighted by Crippen LogP contribution is 2.28. The van der Waals surface area contributed by atoms with Crippen molar-refractivity contribution < 1.29 is 29.3 Å². The Morgan fingerprint density at radius 2 is 1.79 bits per heavy atom. The van der Waals surface area contributed by atoms with E-state index in [1.807, 2.05) is 27.7 Å². The molecule has 1 aromatic heterocycles. The number of rotatable bonds is 11. The molecule has 2 atom stereocenters. The van der Waals surface area contributed by atoms with E-state index in [9.17, 15) is 24.2 Å². The zero-order chi connectivity index (χ0) is 24.7. The van der Waals surface area contributed by atoms with Crippen LogP contribution in [0.15, 0.2) is 30.3 Å². The van der Waals surface area contributed by atoms with Crippen molar-refractivity contribution in [1.82, 2.24) is 15.1 Å². The number of amides is 1. The molecule has 0 fully saturated rings. The van der Waals surface area contributed by atoms with E-state index in [-0.39, 0.29) is 29.9 Å². The Labute approximate surface area is 192 Å². The van der Waals surface area contributed by atoms with Crippen LogP contribution in [-0.2, 0) is 4.79 Å². The van der Waals surface area contributed by atoms with Crippen LogP contribution in [0.4, 0.5) is 4.39 Å². The molecular formula is C24H32FN3O5. The number of hydrogen-bond donors (Lipinski definition) is 4. The smallest absolute Gasteiger partial charge is 0.305 e. The van der Waals surface area contributed by atoms with E-state index in [0.717, 1.165) is 0 Å². The van der Waals surface area contributed by atoms with Gasteiger partial charge in [-0.2, -0.15) is 5.10 Å². The molecule has 9 heteroatoms. The minimum Gasteiger partial charge on any atom is -0.481 e. The molecule has 1 amide bonds. The van der Waals surface area contributed by atoms with Gasteiger partial charge in [0.05, 0.1) is 30.0 Å². The highest BCUT2D eigenvalue weighted by Gasteiger charge is 2.25. The molecule has 0 aliphatic carbocycles. The van der Waals surface area contributed by atoms with Crippen LogP contribution in [0, 0.1) is 11.7 Å². The first-order valence-corrected chi connectivity index (χ1v) is 10.9. The van der Waals surface area contributed by atoms with Crippen LogP contribution >= 0.6 is 0 Å². The predicted octanol–water partition coefficient (Wildman–Crippen LogP) is 3.12. The summed E-state index contributed by atoms with van der Waals surface area (Å²) in [5, 5.41) is 36.2. The van der Waals surface area contributed by atoms with Crippen LogP contribution in [0.5, 0.6) is 0 Å². The van der Waals surface area contributed by atoms with Gasteiger partial charge in [0.15, 0.2) is 5.69 Å². The Hall–Kier alpha value is -3.04. The number of carbonyl (C=O) groups excluding carboxylic acids is 1. The minimum absolute atomic E-state index is 0.103. The quantitative estimate of drug-likeness (QED) is 0.408. The summed E-state index contributed by atoms with van der Waals surface area (Å²) in [6, 6.07) is 5.64. The van der Waals surface area contributed by atoms with Gasteiger partial charge in [-0.3, -0.25) is 9.59 Å². The van der Waals surface area contributed by atoms with Crippen molar-refractivity contribution in [3.05, 3.63) is 53.1 Å². The molecule has 0 aliphatic heterocycles. The third kappa shape index (κ3) is 7.50. The molecule has 8 nitrogen and oxygen atoms in total. The summed E-state index contributed by atoms with van der Waals surface area (Å²) in [4.78, 5) is 23.6. The Morgan fingerprint density at radius 3 is 2.33 bits per heavy atom. The number of hydrogen-bond acceptors (Lipinski definition) is 5. The van der Waals surface area contributed by atoms with Gasteiger partial charge >= 0.3 is 5.97 Å². The number of aliphatic hydroxyl groups is 2. The summed E-state index contributed by atoms with van der Waals surface area (Å²) >= 11 is 0. The number of carboxylic acid groups (broad SMARTS) is 1. The van der Waals surface area contributed by atoms with E-state index in [4.69, 9.17) is 5.11 Å². The lowest BCUT2D eigenvalue weighted by molar-refractivity contribution is -0.139. The second-order valence-electron chi connectivity index (χ2n) is 8.71. The fourth-order valence-corrected chi connectivity index (χ4v) is 3.34. The van der Waals surface area contributed by atoms with Crippen molar-refractivity contribution in [3.63, 3.8) is 0 Å². The molecule has 2 aromatic rings. The predicted molar refractivity (Wildman–Crippen MR) is 123 cm³/mol. The van der Waals surface area contributed by atoms with E-state index in [1.54, 1.807) is 6.08 Å². The van der Waals surface area contributed by atoms with Gasteiger partial charge in [-0.25, -0.2) is 9.07 Å². The van der Waals surface area contributed by atoms with Crippen LogP contribution in [-0.4, -0.2) is 55.7 Å². The van der Waals surface area contributed by atoms with Gasteiger partial charge in [-0.1, -0.05) is 33.8 Å². The summed E-state index contributed by atoms with van der Waals surface area (Å²) in [5.41, 5.74) is 1.93. The maximum Gasteiger partial charge on any atom is 0.305 e. The Balaban J connectivity index is 2.49. The van der Waals surface area contributed by atoms with Crippen molar-refractivity contribution >= 4 is 18.0 Å². The molecule has 33 heavy (non-hydrogen) atoms. The number of nitrogens with one attached hydrogen (secondary N) is 1. The maximum atomic E-state index is 13.5. The molecule has 0 radical (unpaired) electrons. The van der Waals surface area contributed by atoms with Crippen molar-refractivity contribution in [3.8, 4) is 5.69 Å². The maximum absolute atomic E-state index is 13.5. The second kappa shape index (κ2) is 11.7. The van der Waals surface area contributed by atoms with E-state index in [2.05, 4.69) is 10.4 Å². The summed E-state index contributed by atoms with van der Waals surface area (Å²) in [7, 11) is 0. The second-order valence-corrected chi connectivity index (χ2v) is 8.71. The van der Waals surface area contributed by atoms with E-state index < -0.39 is 30.4 Å². The van der Waals surface area contributed by atoms with Gasteiger partial charge < -0.3 is 20.6 Å². The number of carbonyl (C=O) groups is 2. The molecule has 0 saturated carbocycles. The van der Waals surface area contributed by atoms with Crippen LogP contribution in [0.3, 0.4) is 0 Å². The first kappa shape index (κ1) is 26.2. The monoisotopic (exact) mass is 461 g/mol. The number of nitrogens with zero attached hydrogens (tertiary/aromatic N) is 2. The highest BCUT2D eigenvalue weighted by atomic mass is 19.1. The Kier molecular flexibility index (Phi) is 9.31. The van der Waals surface area contributed by atoms with Gasteiger partial charge in [0.25, 0.3) is 5.91 Å². The zero-order valence-corrected chi connectivity index (χ0v) is 19.3. The van der Waals surface area contributed by atoms with E-state index in [0.29, 0.717) is 23.5 Å². The van der Waals surface area contributed by atoms with Crippen molar-refractivity contribution in [2.45, 2.75) is 58.7 Å². The molecule has 0 saturated heterocycles. The molecule has 1 aromatic carbocycles. The van der Waals surface area contributed by atoms with Crippen LogP contribution < -0.4 is 5.32 Å². The topological polar surface area (TPSA) is 125 Å². The lowest BCUT2D eigenvalue weighted by Gasteiger charge is -2.12. The summed E-state index contributed by atoms with van der Waals surface area (Å²) < 4.78 is 15.0. The average Bonchev–Trinajstić information content (AvgIpc) is 3.10. The van der Waals surface area contributed by atoms with Crippen LogP contribution in [0.2, 0.25) is 0 Å². The molecule has 2 rings (SSSR count). The fraction of sp³-hybridized carbons (Fsp3) is 0.458. The zero-order valence-electron chi connectivity index (χ0n) is 19.3. The van der Waals surface area contributed by atoms with Crippen LogP contribution in [0.1, 0.15) is 68.2 Å². The standard InChI is InChI=1S/C24H32FN3O5/c1-14(2)13-26-24(33)23-22(15(3)4)20(10-9-18(29)11-19(30)12-21(31)32)28(27-23)17-7-5-16(25)6-8-17/h5-10,14-15,18-19,29-30H,11-13H2,1-4H3,(H,26,33)(H,31,32)/t18-,19-/m1/s1. The Bertz CT molecular complexity index is 983. The summed E-state index contributed by atoms with van der Waals surface area (Å²) in [5.74, 6) is -1.76. The number of carboxylic acids is 1. The lowest BCUT2D eigenvalue weighted by atomic mass is 9.98. The van der Waals surface area contributed by atoms with Gasteiger partial charge in [0.1, 0.15) is 5.82 Å². The van der Waals surface area contributed by atoms with Crippen molar-refractivity contribution in [2.24, 2.45) is 5.92 Å². The molecular weight excluding hydrogens is 429 g/mol. The van der Waals surface area contributed by atoms with Crippen LogP contribution in [0.25, 0.3) is 11.8 Å². The number of aromatic nitrogens is 2. The first-order valence-electron chi connectivity index (χ1n) is 10.9. The molecule has 0 spiro atoms. The fourth-order valence-electron chi connectivity index (χ4n) is 3.34. The number of halogens is 1. The lowest BCUT2D eigenvalue weighted by Crippen LogP contribution is -2.28. The molecule has 0 unspecified atom stereocenters. The summed E-state index contributed by atoms with van der Waals surface area (Å²) in [6.07, 6.45) is 0.0507. The van der Waals surface area contributed by atoms with Crippen molar-refractivity contribution in [2.75, 3.05) is 6.54 Å². The van der Waals surface area contributed by atoms with E-state index in [1.165, 1.54) is 35.0 Å². The van der Waals surface area contributed by atoms with Gasteiger partial charge in [0.2, 0.25) is 0 Å². The van der Waals surface area contributed by atoms with Crippen molar-refractivity contribution in [1.29, 1.82) is 0 Å². The number of aliphatic carboxylic acids is 1. The average molecular weight is 462 g/mol. The van der Waals surface area contributed by atoms with E-state index >= 15 is 0 Å². The molecule has 1 heterocycles. The molecule has 0 bridgehead atoms. The SMILES string of the molecule is CC(C)CNC(=O)c1nn(-c2ccc(F)cc2)c(C=C[C@@H](O)C[C@@H](O)CC(=O)O)c1C(C)C. The van der Waals surface area contributed by atoms with Gasteiger partial charge in [-0.15, -0.1) is 0 Å².